The third-order valence-electron chi connectivity index (χ3n) is 5.17. The zero-order valence-electron chi connectivity index (χ0n) is 15.5. The molecule has 0 radical (unpaired) electrons. The minimum Gasteiger partial charge on any atom is -0.357 e. The highest BCUT2D eigenvalue weighted by Crippen LogP contribution is 2.17. The van der Waals surface area contributed by atoms with Gasteiger partial charge in [0.05, 0.1) is 0 Å². The van der Waals surface area contributed by atoms with Crippen molar-refractivity contribution in [2.24, 2.45) is 10.9 Å². The maximum Gasteiger partial charge on any atom is 0.193 e. The van der Waals surface area contributed by atoms with E-state index in [-0.39, 0.29) is 24.0 Å². The van der Waals surface area contributed by atoms with E-state index < -0.39 is 0 Å². The Morgan fingerprint density at radius 3 is 2.64 bits per heavy atom. The van der Waals surface area contributed by atoms with Crippen molar-refractivity contribution in [2.45, 2.75) is 32.6 Å². The number of nitrogens with one attached hydrogen (secondary N) is 1. The van der Waals surface area contributed by atoms with Crippen LogP contribution in [-0.2, 0) is 6.42 Å². The Bertz CT molecular complexity index is 514. The van der Waals surface area contributed by atoms with Gasteiger partial charge in [-0.15, -0.1) is 24.0 Å². The summed E-state index contributed by atoms with van der Waals surface area (Å²) in [6.07, 6.45) is 5.06. The maximum absolute atomic E-state index is 4.94. The molecule has 1 aromatic rings. The number of guanidine groups is 1. The summed E-state index contributed by atoms with van der Waals surface area (Å²) in [5.41, 5.74) is 1.45. The molecule has 0 aliphatic carbocycles. The molecule has 0 saturated carbocycles. The van der Waals surface area contributed by atoms with Gasteiger partial charge in [0.2, 0.25) is 0 Å². The van der Waals surface area contributed by atoms with Crippen LogP contribution in [0.25, 0.3) is 0 Å². The predicted molar refractivity (Wildman–Crippen MR) is 117 cm³/mol. The van der Waals surface area contributed by atoms with Crippen LogP contribution in [0.4, 0.5) is 0 Å². The van der Waals surface area contributed by atoms with Crippen molar-refractivity contribution in [3.05, 3.63) is 35.9 Å². The molecule has 25 heavy (non-hydrogen) atoms. The lowest BCUT2D eigenvalue weighted by Gasteiger charge is -2.21. The van der Waals surface area contributed by atoms with E-state index in [0.717, 1.165) is 31.4 Å². The standard InChI is InChI=1S/C20H32N4.HI/c1-2-21-20(24-12-6-7-13-24)22-16-19-11-15-23(17-19)14-10-18-8-4-3-5-9-18;/h3-5,8-9,19H,2,6-7,10-17H2,1H3,(H,21,22);1H. The van der Waals surface area contributed by atoms with E-state index in [4.69, 9.17) is 4.99 Å². The van der Waals surface area contributed by atoms with Crippen molar-refractivity contribution >= 4 is 29.9 Å². The number of halogens is 1. The minimum absolute atomic E-state index is 0. The summed E-state index contributed by atoms with van der Waals surface area (Å²) in [6, 6.07) is 10.8. The van der Waals surface area contributed by atoms with Gasteiger partial charge in [0.15, 0.2) is 5.96 Å². The number of hydrogen-bond acceptors (Lipinski definition) is 2. The summed E-state index contributed by atoms with van der Waals surface area (Å²) < 4.78 is 0. The van der Waals surface area contributed by atoms with Gasteiger partial charge in [-0.25, -0.2) is 0 Å². The second-order valence-electron chi connectivity index (χ2n) is 7.08. The predicted octanol–water partition coefficient (Wildman–Crippen LogP) is 3.23. The van der Waals surface area contributed by atoms with Gasteiger partial charge >= 0.3 is 0 Å². The summed E-state index contributed by atoms with van der Waals surface area (Å²) >= 11 is 0. The van der Waals surface area contributed by atoms with E-state index in [2.05, 4.69) is 52.4 Å². The average Bonchev–Trinajstić information content (AvgIpc) is 3.30. The fraction of sp³-hybridized carbons (Fsp3) is 0.650. The van der Waals surface area contributed by atoms with Gasteiger partial charge < -0.3 is 15.1 Å². The third kappa shape index (κ3) is 6.44. The van der Waals surface area contributed by atoms with Crippen molar-refractivity contribution < 1.29 is 0 Å². The first-order chi connectivity index (χ1) is 11.8. The molecule has 5 heteroatoms. The smallest absolute Gasteiger partial charge is 0.193 e. The van der Waals surface area contributed by atoms with Gasteiger partial charge in [-0.1, -0.05) is 30.3 Å². The molecule has 2 aliphatic heterocycles. The number of nitrogens with zero attached hydrogens (tertiary/aromatic N) is 3. The first-order valence-electron chi connectivity index (χ1n) is 9.64. The third-order valence-corrected chi connectivity index (χ3v) is 5.17. The Morgan fingerprint density at radius 1 is 1.16 bits per heavy atom. The minimum atomic E-state index is 0. The first-order valence-corrected chi connectivity index (χ1v) is 9.64. The largest absolute Gasteiger partial charge is 0.357 e. The number of benzene rings is 1. The number of aliphatic imine (C=N–C) groups is 1. The van der Waals surface area contributed by atoms with Crippen LogP contribution in [-0.4, -0.2) is 61.6 Å². The molecule has 2 aliphatic rings. The van der Waals surface area contributed by atoms with Crippen LogP contribution in [0.2, 0.25) is 0 Å². The van der Waals surface area contributed by atoms with Crippen molar-refractivity contribution in [1.29, 1.82) is 0 Å². The molecule has 1 atom stereocenters. The second-order valence-corrected chi connectivity index (χ2v) is 7.08. The molecular weight excluding hydrogens is 423 g/mol. The van der Waals surface area contributed by atoms with Crippen molar-refractivity contribution in [3.8, 4) is 0 Å². The lowest BCUT2D eigenvalue weighted by atomic mass is 10.1. The monoisotopic (exact) mass is 456 g/mol. The normalized spacial score (nSPS) is 21.4. The Labute approximate surface area is 170 Å². The summed E-state index contributed by atoms with van der Waals surface area (Å²) in [6.45, 7) is 10.0. The molecule has 2 saturated heterocycles. The van der Waals surface area contributed by atoms with E-state index >= 15 is 0 Å². The molecule has 1 unspecified atom stereocenters. The maximum atomic E-state index is 4.94. The van der Waals surface area contributed by atoms with Crippen molar-refractivity contribution in [2.75, 3.05) is 45.8 Å². The lowest BCUT2D eigenvalue weighted by Crippen LogP contribution is -2.40. The molecule has 140 valence electrons. The highest BCUT2D eigenvalue weighted by Gasteiger charge is 2.23. The van der Waals surface area contributed by atoms with Crippen LogP contribution >= 0.6 is 24.0 Å². The SMILES string of the molecule is CCNC(=NCC1CCN(CCc2ccccc2)C1)N1CCCC1.I. The van der Waals surface area contributed by atoms with E-state index in [1.807, 2.05) is 0 Å². The molecule has 0 amide bonds. The van der Waals surface area contributed by atoms with Gasteiger partial charge in [-0.3, -0.25) is 4.99 Å². The molecule has 1 aromatic carbocycles. The first kappa shape index (κ1) is 20.5. The van der Waals surface area contributed by atoms with Crippen molar-refractivity contribution in [1.82, 2.24) is 15.1 Å². The Hall–Kier alpha value is -0.820. The molecule has 1 N–H and O–H groups in total. The molecule has 0 aromatic heterocycles. The van der Waals surface area contributed by atoms with E-state index in [1.54, 1.807) is 0 Å². The number of likely N-dealkylation sites (tertiary alicyclic amines) is 2. The van der Waals surface area contributed by atoms with Crippen LogP contribution in [0, 0.1) is 5.92 Å². The second kappa shape index (κ2) is 11.0. The number of hydrogen-bond donors (Lipinski definition) is 1. The van der Waals surface area contributed by atoms with Gasteiger partial charge in [0.25, 0.3) is 0 Å². The van der Waals surface area contributed by atoms with Gasteiger partial charge in [-0.05, 0) is 50.6 Å². The summed E-state index contributed by atoms with van der Waals surface area (Å²) in [5.74, 6) is 1.86. The molecule has 2 heterocycles. The van der Waals surface area contributed by atoms with Crippen LogP contribution in [0.15, 0.2) is 35.3 Å². The molecule has 0 spiro atoms. The van der Waals surface area contributed by atoms with Crippen LogP contribution in [0.1, 0.15) is 31.7 Å². The summed E-state index contributed by atoms with van der Waals surface area (Å²) in [4.78, 5) is 9.96. The highest BCUT2D eigenvalue weighted by molar-refractivity contribution is 14.0. The van der Waals surface area contributed by atoms with Crippen LogP contribution in [0.5, 0.6) is 0 Å². The van der Waals surface area contributed by atoms with Gasteiger partial charge in [0, 0.05) is 39.3 Å². The van der Waals surface area contributed by atoms with E-state index in [0.29, 0.717) is 0 Å². The average molecular weight is 456 g/mol. The Balaban J connectivity index is 0.00000225. The van der Waals surface area contributed by atoms with Gasteiger partial charge in [0.1, 0.15) is 0 Å². The molecular formula is C20H33IN4. The highest BCUT2D eigenvalue weighted by atomic mass is 127. The van der Waals surface area contributed by atoms with Gasteiger partial charge in [-0.2, -0.15) is 0 Å². The van der Waals surface area contributed by atoms with Crippen LogP contribution < -0.4 is 5.32 Å². The fourth-order valence-corrected chi connectivity index (χ4v) is 3.77. The number of rotatable bonds is 6. The Morgan fingerprint density at radius 2 is 1.92 bits per heavy atom. The lowest BCUT2D eigenvalue weighted by molar-refractivity contribution is 0.329. The molecule has 4 nitrogen and oxygen atoms in total. The van der Waals surface area contributed by atoms with E-state index in [1.165, 1.54) is 57.5 Å². The molecule has 0 bridgehead atoms. The zero-order chi connectivity index (χ0) is 16.6. The summed E-state index contributed by atoms with van der Waals surface area (Å²) in [7, 11) is 0. The topological polar surface area (TPSA) is 30.9 Å². The zero-order valence-corrected chi connectivity index (χ0v) is 17.8. The fourth-order valence-electron chi connectivity index (χ4n) is 3.77. The molecule has 3 rings (SSSR count). The molecule has 2 fully saturated rings. The summed E-state index contributed by atoms with van der Waals surface area (Å²) in [5, 5.41) is 3.47. The van der Waals surface area contributed by atoms with Crippen molar-refractivity contribution in [3.63, 3.8) is 0 Å². The quantitative estimate of drug-likeness (QED) is 0.405. The Kier molecular flexibility index (Phi) is 9.03. The van der Waals surface area contributed by atoms with Crippen LogP contribution in [0.3, 0.4) is 0 Å². The van der Waals surface area contributed by atoms with E-state index in [9.17, 15) is 0 Å².